The molecular weight excluding hydrogens is 294 g/mol. The highest BCUT2D eigenvalue weighted by atomic mass is 16.6. The lowest BCUT2D eigenvalue weighted by Crippen LogP contribution is -2.30. The molecule has 0 aliphatic rings. The van der Waals surface area contributed by atoms with Crippen molar-refractivity contribution in [3.8, 4) is 5.75 Å². The Morgan fingerprint density at radius 3 is 2.65 bits per heavy atom. The first-order chi connectivity index (χ1) is 11.0. The largest absolute Gasteiger partial charge is 0.460 e. The molecule has 2 rings (SSSR count). The summed E-state index contributed by atoms with van der Waals surface area (Å²) in [4.78, 5) is 23.1. The number of carbonyl (C=O) groups excluding carboxylic acids is 2. The molecule has 0 aliphatic heterocycles. The van der Waals surface area contributed by atoms with Crippen LogP contribution in [0.5, 0.6) is 5.75 Å². The van der Waals surface area contributed by atoms with Gasteiger partial charge >= 0.3 is 12.1 Å². The van der Waals surface area contributed by atoms with Crippen molar-refractivity contribution in [2.24, 2.45) is 0 Å². The molecule has 0 aromatic heterocycles. The van der Waals surface area contributed by atoms with E-state index >= 15 is 0 Å². The highest BCUT2D eigenvalue weighted by Crippen LogP contribution is 2.29. The molecule has 0 radical (unpaired) electrons. The van der Waals surface area contributed by atoms with Gasteiger partial charge in [0.1, 0.15) is 12.4 Å². The number of nitrogens with one attached hydrogen (secondary N) is 1. The fraction of sp³-hybridized carbons (Fsp3) is 0.222. The van der Waals surface area contributed by atoms with Crippen molar-refractivity contribution >= 4 is 22.8 Å². The maximum atomic E-state index is 11.9. The van der Waals surface area contributed by atoms with Gasteiger partial charge < -0.3 is 14.8 Å². The number of amides is 1. The second-order valence-corrected chi connectivity index (χ2v) is 5.17. The minimum absolute atomic E-state index is 0.0648. The Kier molecular flexibility index (Phi) is 5.36. The molecule has 23 heavy (non-hydrogen) atoms. The third-order valence-corrected chi connectivity index (χ3v) is 3.22. The van der Waals surface area contributed by atoms with Gasteiger partial charge in [0, 0.05) is 11.0 Å². The summed E-state index contributed by atoms with van der Waals surface area (Å²) in [6.45, 7) is 7.15. The van der Waals surface area contributed by atoms with Gasteiger partial charge in [-0.15, -0.1) is 0 Å². The minimum atomic E-state index is -0.587. The number of esters is 1. The summed E-state index contributed by atoms with van der Waals surface area (Å²) in [5, 5.41) is 4.42. The van der Waals surface area contributed by atoms with Gasteiger partial charge in [0.2, 0.25) is 0 Å². The third kappa shape index (κ3) is 4.32. The van der Waals surface area contributed by atoms with Crippen LogP contribution in [0.15, 0.2) is 48.6 Å². The Morgan fingerprint density at radius 1 is 1.17 bits per heavy atom. The van der Waals surface area contributed by atoms with Crippen molar-refractivity contribution in [2.75, 3.05) is 13.2 Å². The third-order valence-electron chi connectivity index (χ3n) is 3.22. The second kappa shape index (κ2) is 7.45. The van der Waals surface area contributed by atoms with Crippen LogP contribution in [-0.2, 0) is 9.53 Å². The summed E-state index contributed by atoms with van der Waals surface area (Å²) in [6.07, 6.45) is -0.587. The Hall–Kier alpha value is -2.82. The zero-order chi connectivity index (χ0) is 16.8. The molecule has 0 saturated heterocycles. The van der Waals surface area contributed by atoms with Crippen LogP contribution in [0.4, 0.5) is 4.79 Å². The summed E-state index contributed by atoms with van der Waals surface area (Å²) in [7, 11) is 0. The summed E-state index contributed by atoms with van der Waals surface area (Å²) in [5.41, 5.74) is 1.19. The monoisotopic (exact) mass is 313 g/mol. The van der Waals surface area contributed by atoms with Gasteiger partial charge in [0.15, 0.2) is 0 Å². The maximum absolute atomic E-state index is 11.9. The molecule has 5 heteroatoms. The first kappa shape index (κ1) is 16.5. The second-order valence-electron chi connectivity index (χ2n) is 5.17. The predicted molar refractivity (Wildman–Crippen MR) is 88.5 cm³/mol. The van der Waals surface area contributed by atoms with Crippen molar-refractivity contribution in [3.05, 3.63) is 54.1 Å². The quantitative estimate of drug-likeness (QED) is 0.522. The van der Waals surface area contributed by atoms with Crippen LogP contribution in [0, 0.1) is 6.92 Å². The van der Waals surface area contributed by atoms with E-state index < -0.39 is 12.1 Å². The molecule has 0 spiro atoms. The molecule has 1 N–H and O–H groups in total. The molecule has 0 atom stereocenters. The molecule has 2 aromatic rings. The lowest BCUT2D eigenvalue weighted by atomic mass is 10.1. The fourth-order valence-corrected chi connectivity index (χ4v) is 2.04. The van der Waals surface area contributed by atoms with Crippen LogP contribution in [0.1, 0.15) is 12.5 Å². The van der Waals surface area contributed by atoms with E-state index in [2.05, 4.69) is 11.9 Å². The zero-order valence-corrected chi connectivity index (χ0v) is 13.2. The SMILES string of the molecule is C=C(C)C(=O)OCCNC(=O)Oc1c(C)ccc2ccccc12. The molecule has 0 unspecified atom stereocenters. The average molecular weight is 313 g/mol. The maximum Gasteiger partial charge on any atom is 0.412 e. The van der Waals surface area contributed by atoms with E-state index in [-0.39, 0.29) is 13.2 Å². The minimum Gasteiger partial charge on any atom is -0.460 e. The van der Waals surface area contributed by atoms with E-state index in [1.165, 1.54) is 0 Å². The number of benzene rings is 2. The summed E-state index contributed by atoms with van der Waals surface area (Å²) in [5.74, 6) is 0.0459. The predicted octanol–water partition coefficient (Wildman–Crippen LogP) is 3.36. The Morgan fingerprint density at radius 2 is 1.91 bits per heavy atom. The normalized spacial score (nSPS) is 10.2. The molecule has 0 fully saturated rings. The first-order valence-corrected chi connectivity index (χ1v) is 7.25. The molecule has 120 valence electrons. The van der Waals surface area contributed by atoms with Gasteiger partial charge in [-0.05, 0) is 24.8 Å². The van der Waals surface area contributed by atoms with Gasteiger partial charge in [-0.25, -0.2) is 9.59 Å². The van der Waals surface area contributed by atoms with Crippen molar-refractivity contribution in [1.29, 1.82) is 0 Å². The Balaban J connectivity index is 1.94. The van der Waals surface area contributed by atoms with Crippen LogP contribution < -0.4 is 10.1 Å². The number of aryl methyl sites for hydroxylation is 1. The Bertz CT molecular complexity index is 752. The average Bonchev–Trinajstić information content (AvgIpc) is 2.54. The molecule has 1 amide bonds. The van der Waals surface area contributed by atoms with Crippen molar-refractivity contribution in [3.63, 3.8) is 0 Å². The van der Waals surface area contributed by atoms with Crippen LogP contribution in [0.3, 0.4) is 0 Å². The Labute approximate surface area is 134 Å². The van der Waals surface area contributed by atoms with E-state index in [0.717, 1.165) is 16.3 Å². The number of fused-ring (bicyclic) bond motifs is 1. The van der Waals surface area contributed by atoms with Gasteiger partial charge in [-0.2, -0.15) is 0 Å². The van der Waals surface area contributed by atoms with E-state index in [0.29, 0.717) is 11.3 Å². The highest BCUT2D eigenvalue weighted by Gasteiger charge is 2.11. The lowest BCUT2D eigenvalue weighted by Gasteiger charge is -2.11. The van der Waals surface area contributed by atoms with Gasteiger partial charge in [-0.3, -0.25) is 0 Å². The summed E-state index contributed by atoms with van der Waals surface area (Å²) >= 11 is 0. The van der Waals surface area contributed by atoms with Crippen LogP contribution in [0.25, 0.3) is 10.8 Å². The molecule has 2 aromatic carbocycles. The number of carbonyl (C=O) groups is 2. The smallest absolute Gasteiger partial charge is 0.412 e. The van der Waals surface area contributed by atoms with E-state index in [1.807, 2.05) is 43.3 Å². The fourth-order valence-electron chi connectivity index (χ4n) is 2.04. The number of hydrogen-bond donors (Lipinski definition) is 1. The van der Waals surface area contributed by atoms with Gasteiger partial charge in [-0.1, -0.05) is 43.0 Å². The molecular formula is C18H19NO4. The van der Waals surface area contributed by atoms with Crippen LogP contribution in [0.2, 0.25) is 0 Å². The van der Waals surface area contributed by atoms with E-state index in [1.54, 1.807) is 6.92 Å². The van der Waals surface area contributed by atoms with Crippen molar-refractivity contribution in [2.45, 2.75) is 13.8 Å². The number of hydrogen-bond acceptors (Lipinski definition) is 4. The standard InChI is InChI=1S/C18H19NO4/c1-12(2)17(20)22-11-10-19-18(21)23-16-13(3)8-9-14-6-4-5-7-15(14)16/h4-9H,1,10-11H2,2-3H3,(H,19,21). The number of ether oxygens (including phenoxy) is 2. The van der Waals surface area contributed by atoms with Crippen molar-refractivity contribution < 1.29 is 19.1 Å². The molecule has 0 saturated carbocycles. The number of rotatable bonds is 5. The lowest BCUT2D eigenvalue weighted by molar-refractivity contribution is -0.138. The molecule has 5 nitrogen and oxygen atoms in total. The molecule has 0 bridgehead atoms. The highest BCUT2D eigenvalue weighted by molar-refractivity contribution is 5.91. The van der Waals surface area contributed by atoms with Gasteiger partial charge in [0.25, 0.3) is 0 Å². The van der Waals surface area contributed by atoms with E-state index in [4.69, 9.17) is 9.47 Å². The summed E-state index contributed by atoms with van der Waals surface area (Å²) < 4.78 is 10.3. The van der Waals surface area contributed by atoms with Crippen LogP contribution >= 0.6 is 0 Å². The topological polar surface area (TPSA) is 64.6 Å². The molecule has 0 aliphatic carbocycles. The molecule has 0 heterocycles. The zero-order valence-electron chi connectivity index (χ0n) is 13.2. The summed E-state index contributed by atoms with van der Waals surface area (Å²) in [6, 6.07) is 11.6. The van der Waals surface area contributed by atoms with Gasteiger partial charge in [0.05, 0.1) is 6.54 Å². The van der Waals surface area contributed by atoms with Crippen LogP contribution in [-0.4, -0.2) is 25.2 Å². The van der Waals surface area contributed by atoms with Crippen molar-refractivity contribution in [1.82, 2.24) is 5.32 Å². The first-order valence-electron chi connectivity index (χ1n) is 7.25. The van der Waals surface area contributed by atoms with E-state index in [9.17, 15) is 9.59 Å².